The zero-order valence-electron chi connectivity index (χ0n) is 15.9. The fraction of sp³-hybridized carbons (Fsp3) is 0.318. The van der Waals surface area contributed by atoms with E-state index in [4.69, 9.17) is 9.72 Å². The Morgan fingerprint density at radius 3 is 2.50 bits per heavy atom. The van der Waals surface area contributed by atoms with E-state index in [9.17, 15) is 9.59 Å². The summed E-state index contributed by atoms with van der Waals surface area (Å²) >= 11 is 0. The molecule has 0 atom stereocenters. The zero-order chi connectivity index (χ0) is 19.5. The van der Waals surface area contributed by atoms with E-state index in [-0.39, 0.29) is 17.4 Å². The molecule has 1 N–H and O–H groups in total. The van der Waals surface area contributed by atoms with E-state index >= 15 is 0 Å². The summed E-state index contributed by atoms with van der Waals surface area (Å²) in [6.07, 6.45) is 5.37. The van der Waals surface area contributed by atoms with Crippen LogP contribution in [0, 0.1) is 0 Å². The molecule has 1 fully saturated rings. The maximum Gasteiger partial charge on any atom is 0.280 e. The lowest BCUT2D eigenvalue weighted by Crippen LogP contribution is -2.37. The first kappa shape index (κ1) is 18.2. The van der Waals surface area contributed by atoms with Crippen LogP contribution in [-0.2, 0) is 0 Å². The summed E-state index contributed by atoms with van der Waals surface area (Å²) in [5, 5.41) is 0.497. The van der Waals surface area contributed by atoms with Crippen LogP contribution in [0.2, 0.25) is 0 Å². The van der Waals surface area contributed by atoms with Crippen LogP contribution in [0.5, 0.6) is 5.75 Å². The van der Waals surface area contributed by atoms with Gasteiger partial charge in [0.1, 0.15) is 11.6 Å². The third-order valence-electron chi connectivity index (χ3n) is 5.34. The van der Waals surface area contributed by atoms with Crippen molar-refractivity contribution in [2.75, 3.05) is 12.5 Å². The molecule has 0 aliphatic heterocycles. The van der Waals surface area contributed by atoms with Crippen LogP contribution in [-0.4, -0.2) is 22.7 Å². The normalized spacial score (nSPS) is 14.8. The fourth-order valence-electron chi connectivity index (χ4n) is 3.80. The molecule has 0 radical (unpaired) electrons. The molecule has 1 saturated carbocycles. The first-order chi connectivity index (χ1) is 13.7. The largest absolute Gasteiger partial charge is 0.497 e. The topological polar surface area (TPSA) is 73.2 Å². The summed E-state index contributed by atoms with van der Waals surface area (Å²) < 4.78 is 6.49. The highest BCUT2D eigenvalue weighted by Crippen LogP contribution is 2.31. The summed E-state index contributed by atoms with van der Waals surface area (Å²) in [4.78, 5) is 30.7. The van der Waals surface area contributed by atoms with E-state index < -0.39 is 0 Å². The number of nitrogens with zero attached hydrogens (tertiary/aromatic N) is 2. The molecule has 1 aliphatic carbocycles. The molecule has 1 heterocycles. The summed E-state index contributed by atoms with van der Waals surface area (Å²) in [7, 11) is 1.58. The number of benzene rings is 2. The molecule has 0 spiro atoms. The predicted octanol–water partition coefficient (Wildman–Crippen LogP) is 3.84. The van der Waals surface area contributed by atoms with Crippen LogP contribution < -0.4 is 15.7 Å². The Morgan fingerprint density at radius 2 is 1.79 bits per heavy atom. The molecule has 4 rings (SSSR count). The number of nitrogens with one attached hydrogen (secondary N) is 1. The van der Waals surface area contributed by atoms with Crippen molar-refractivity contribution in [3.05, 3.63) is 70.3 Å². The summed E-state index contributed by atoms with van der Waals surface area (Å²) in [5.41, 5.74) is 3.66. The predicted molar refractivity (Wildman–Crippen MR) is 109 cm³/mol. The quantitative estimate of drug-likeness (QED) is 0.750. The molecule has 2 aromatic carbocycles. The zero-order valence-corrected chi connectivity index (χ0v) is 15.9. The first-order valence-corrected chi connectivity index (χ1v) is 9.64. The van der Waals surface area contributed by atoms with Gasteiger partial charge < -0.3 is 4.74 Å². The number of fused-ring (bicyclic) bond motifs is 1. The smallest absolute Gasteiger partial charge is 0.280 e. The molecule has 6 heteroatoms. The monoisotopic (exact) mass is 377 g/mol. The molecule has 1 aromatic heterocycles. The van der Waals surface area contributed by atoms with Crippen LogP contribution in [0.3, 0.4) is 0 Å². The van der Waals surface area contributed by atoms with Gasteiger partial charge in [0.2, 0.25) is 0 Å². The Kier molecular flexibility index (Phi) is 5.10. The second-order valence-electron chi connectivity index (χ2n) is 7.13. The molecule has 6 nitrogen and oxygen atoms in total. The molecule has 3 aromatic rings. The molecular weight excluding hydrogens is 354 g/mol. The minimum atomic E-state index is -0.348. The Morgan fingerprint density at radius 1 is 1.07 bits per heavy atom. The van der Waals surface area contributed by atoms with Crippen molar-refractivity contribution < 1.29 is 9.53 Å². The molecule has 0 unspecified atom stereocenters. The van der Waals surface area contributed by atoms with Crippen molar-refractivity contribution in [1.82, 2.24) is 9.66 Å². The second kappa shape index (κ2) is 7.84. The van der Waals surface area contributed by atoms with Gasteiger partial charge in [0, 0.05) is 11.5 Å². The number of methoxy groups -OCH3 is 1. The third kappa shape index (κ3) is 3.50. The highest BCUT2D eigenvalue weighted by Gasteiger charge is 2.23. The minimum absolute atomic E-state index is 0.169. The van der Waals surface area contributed by atoms with Gasteiger partial charge >= 0.3 is 0 Å². The molecule has 0 bridgehead atoms. The van der Waals surface area contributed by atoms with Crippen LogP contribution in [0.25, 0.3) is 10.9 Å². The van der Waals surface area contributed by atoms with Gasteiger partial charge in [-0.25, -0.2) is 9.66 Å². The van der Waals surface area contributed by atoms with Crippen molar-refractivity contribution in [3.8, 4) is 5.75 Å². The van der Waals surface area contributed by atoms with Crippen LogP contribution in [0.15, 0.2) is 53.3 Å². The number of ether oxygens (including phenoxy) is 1. The average Bonchev–Trinajstić information content (AvgIpc) is 2.76. The van der Waals surface area contributed by atoms with Crippen molar-refractivity contribution in [2.45, 2.75) is 38.0 Å². The number of carbonyl (C=O) groups is 1. The molecule has 28 heavy (non-hydrogen) atoms. The highest BCUT2D eigenvalue weighted by molar-refractivity contribution is 6.00. The van der Waals surface area contributed by atoms with Gasteiger partial charge in [-0.3, -0.25) is 15.0 Å². The lowest BCUT2D eigenvalue weighted by Gasteiger charge is -2.24. The average molecular weight is 377 g/mol. The molecule has 1 amide bonds. The van der Waals surface area contributed by atoms with E-state index in [0.29, 0.717) is 28.0 Å². The lowest BCUT2D eigenvalue weighted by atomic mass is 9.88. The van der Waals surface area contributed by atoms with Gasteiger partial charge in [0.15, 0.2) is 0 Å². The Labute approximate surface area is 163 Å². The Hall–Kier alpha value is -3.15. The fourth-order valence-corrected chi connectivity index (χ4v) is 3.80. The van der Waals surface area contributed by atoms with Gasteiger partial charge in [0.25, 0.3) is 11.5 Å². The van der Waals surface area contributed by atoms with E-state index in [2.05, 4.69) is 5.43 Å². The van der Waals surface area contributed by atoms with Crippen LogP contribution >= 0.6 is 0 Å². The number of para-hydroxylation sites is 1. The van der Waals surface area contributed by atoms with Gasteiger partial charge in [-0.2, -0.15) is 0 Å². The number of aromatic nitrogens is 2. The second-order valence-corrected chi connectivity index (χ2v) is 7.13. The molecule has 144 valence electrons. The lowest BCUT2D eigenvalue weighted by molar-refractivity contribution is 0.101. The Balaban J connectivity index is 1.76. The number of rotatable bonds is 4. The van der Waals surface area contributed by atoms with E-state index in [0.717, 1.165) is 25.7 Å². The third-order valence-corrected chi connectivity index (χ3v) is 5.34. The maximum absolute atomic E-state index is 13.1. The van der Waals surface area contributed by atoms with Gasteiger partial charge in [0.05, 0.1) is 18.0 Å². The summed E-state index contributed by atoms with van der Waals surface area (Å²) in [5.74, 6) is 1.13. The summed E-state index contributed by atoms with van der Waals surface area (Å²) in [6.45, 7) is 0. The standard InChI is InChI=1S/C22H23N3O3/c1-28-17-13-11-16(12-14-17)21(26)24-25-20(15-7-3-2-4-8-15)23-19-10-6-5-9-18(19)22(25)27/h5-6,9-15H,2-4,7-8H2,1H3,(H,24,26). The summed E-state index contributed by atoms with van der Waals surface area (Å²) in [6, 6.07) is 14.1. The van der Waals surface area contributed by atoms with Crippen molar-refractivity contribution >= 4 is 16.8 Å². The number of hydrogen-bond acceptors (Lipinski definition) is 4. The van der Waals surface area contributed by atoms with Gasteiger partial charge in [-0.15, -0.1) is 0 Å². The van der Waals surface area contributed by atoms with Gasteiger partial charge in [-0.05, 0) is 49.2 Å². The maximum atomic E-state index is 13.1. The van der Waals surface area contributed by atoms with Crippen molar-refractivity contribution in [2.24, 2.45) is 0 Å². The van der Waals surface area contributed by atoms with Crippen LogP contribution in [0.1, 0.15) is 54.2 Å². The first-order valence-electron chi connectivity index (χ1n) is 9.64. The number of carbonyl (C=O) groups excluding carboxylic acids is 1. The molecule has 1 aliphatic rings. The Bertz CT molecular complexity index is 1050. The SMILES string of the molecule is COc1ccc(C(=O)Nn2c(C3CCCCC3)nc3ccccc3c2=O)cc1. The molecule has 0 saturated heterocycles. The van der Waals surface area contributed by atoms with Crippen molar-refractivity contribution in [3.63, 3.8) is 0 Å². The van der Waals surface area contributed by atoms with Crippen molar-refractivity contribution in [1.29, 1.82) is 0 Å². The molecular formula is C22H23N3O3. The number of amides is 1. The van der Waals surface area contributed by atoms with E-state index in [1.165, 1.54) is 11.1 Å². The van der Waals surface area contributed by atoms with Gasteiger partial charge in [-0.1, -0.05) is 31.4 Å². The minimum Gasteiger partial charge on any atom is -0.497 e. The highest BCUT2D eigenvalue weighted by atomic mass is 16.5. The van der Waals surface area contributed by atoms with Crippen LogP contribution in [0.4, 0.5) is 0 Å². The number of hydrogen-bond donors (Lipinski definition) is 1. The van der Waals surface area contributed by atoms with E-state index in [1.807, 2.05) is 12.1 Å². The van der Waals surface area contributed by atoms with E-state index in [1.54, 1.807) is 43.5 Å².